The van der Waals surface area contributed by atoms with Gasteiger partial charge >= 0.3 is 0 Å². The second-order valence-electron chi connectivity index (χ2n) is 9.63. The lowest BCUT2D eigenvalue weighted by atomic mass is 9.85. The van der Waals surface area contributed by atoms with E-state index in [1.54, 1.807) is 0 Å². The highest BCUT2D eigenvalue weighted by Gasteiger charge is 2.31. The third-order valence-electron chi connectivity index (χ3n) is 7.39. The molecule has 2 aromatic rings. The topological polar surface area (TPSA) is 48.4 Å². The van der Waals surface area contributed by atoms with Crippen molar-refractivity contribution in [3.8, 4) is 0 Å². The molecule has 2 aromatic heterocycles. The first-order valence-electron chi connectivity index (χ1n) is 12.1. The summed E-state index contributed by atoms with van der Waals surface area (Å²) in [5.41, 5.74) is 4.02. The molecular formula is C25H36N6. The maximum absolute atomic E-state index is 4.95. The summed E-state index contributed by atoms with van der Waals surface area (Å²) in [4.78, 5) is 22.1. The Labute approximate surface area is 186 Å². The number of fused-ring (bicyclic) bond motifs is 1. The van der Waals surface area contributed by atoms with Crippen LogP contribution >= 0.6 is 0 Å². The Hall–Kier alpha value is -2.05. The van der Waals surface area contributed by atoms with Crippen molar-refractivity contribution in [1.29, 1.82) is 0 Å². The Morgan fingerprint density at radius 2 is 1.87 bits per heavy atom. The Morgan fingerprint density at radius 3 is 2.74 bits per heavy atom. The van der Waals surface area contributed by atoms with Crippen LogP contribution in [0.25, 0.3) is 0 Å². The molecule has 0 bridgehead atoms. The van der Waals surface area contributed by atoms with Crippen LogP contribution < -0.4 is 4.90 Å². The van der Waals surface area contributed by atoms with Crippen LogP contribution in [-0.4, -0.2) is 71.1 Å². The van der Waals surface area contributed by atoms with Gasteiger partial charge in [0.15, 0.2) is 0 Å². The second kappa shape index (κ2) is 9.21. The summed E-state index contributed by atoms with van der Waals surface area (Å²) < 4.78 is 0. The van der Waals surface area contributed by atoms with E-state index in [0.29, 0.717) is 12.0 Å². The lowest BCUT2D eigenvalue weighted by Crippen LogP contribution is -2.45. The van der Waals surface area contributed by atoms with Gasteiger partial charge in [-0.2, -0.15) is 0 Å². The molecule has 0 amide bonds. The van der Waals surface area contributed by atoms with E-state index in [1.165, 1.54) is 55.5 Å². The van der Waals surface area contributed by atoms with Crippen molar-refractivity contribution >= 4 is 5.82 Å². The van der Waals surface area contributed by atoms with Gasteiger partial charge in [0.1, 0.15) is 11.6 Å². The van der Waals surface area contributed by atoms with E-state index in [2.05, 4.69) is 46.9 Å². The normalized spacial score (nSPS) is 25.4. The maximum Gasteiger partial charge on any atom is 0.132 e. The standard InChI is InChI=1S/C25H36N6/c1-19-27-22(17-24(28-19)30-15-13-29(2)14-16-30)23-10-3-4-12-31(23)18-21-8-5-7-20-9-6-11-26-25(20)21/h6,9,11,17,21,23H,3-5,7-8,10,12-16,18H2,1-2H3/t21-,23-/m0/s1. The van der Waals surface area contributed by atoms with Crippen LogP contribution in [0.3, 0.4) is 0 Å². The minimum absolute atomic E-state index is 0.399. The Kier molecular flexibility index (Phi) is 6.19. The van der Waals surface area contributed by atoms with Crippen LogP contribution in [0.5, 0.6) is 0 Å². The number of nitrogens with zero attached hydrogens (tertiary/aromatic N) is 6. The van der Waals surface area contributed by atoms with Gasteiger partial charge in [-0.1, -0.05) is 12.5 Å². The van der Waals surface area contributed by atoms with Crippen molar-refractivity contribution in [2.45, 2.75) is 57.4 Å². The molecule has 166 valence electrons. The van der Waals surface area contributed by atoms with Crippen LogP contribution in [0, 0.1) is 6.92 Å². The monoisotopic (exact) mass is 420 g/mol. The van der Waals surface area contributed by atoms with Gasteiger partial charge in [0.05, 0.1) is 11.7 Å². The van der Waals surface area contributed by atoms with E-state index < -0.39 is 0 Å². The summed E-state index contributed by atoms with van der Waals surface area (Å²) in [6.07, 6.45) is 9.45. The maximum atomic E-state index is 4.95. The quantitative estimate of drug-likeness (QED) is 0.754. The molecule has 3 aliphatic rings. The minimum atomic E-state index is 0.399. The fourth-order valence-electron chi connectivity index (χ4n) is 5.65. The number of piperidine rings is 1. The molecule has 2 aliphatic heterocycles. The average Bonchev–Trinajstić information content (AvgIpc) is 2.80. The van der Waals surface area contributed by atoms with E-state index in [9.17, 15) is 0 Å². The molecule has 2 atom stereocenters. The van der Waals surface area contributed by atoms with Crippen LogP contribution in [0.2, 0.25) is 0 Å². The van der Waals surface area contributed by atoms with Crippen molar-refractivity contribution in [2.75, 3.05) is 51.2 Å². The first-order chi connectivity index (χ1) is 15.2. The number of hydrogen-bond donors (Lipinski definition) is 0. The van der Waals surface area contributed by atoms with Crippen molar-refractivity contribution < 1.29 is 0 Å². The summed E-state index contributed by atoms with van der Waals surface area (Å²) in [5.74, 6) is 2.57. The SMILES string of the molecule is Cc1nc([C@@H]2CCCCN2C[C@@H]2CCCc3cccnc32)cc(N2CCN(C)CC2)n1. The molecule has 0 aromatic carbocycles. The van der Waals surface area contributed by atoms with E-state index >= 15 is 0 Å². The van der Waals surface area contributed by atoms with Gasteiger partial charge in [-0.15, -0.1) is 0 Å². The number of hydrogen-bond acceptors (Lipinski definition) is 6. The molecule has 4 heterocycles. The average molecular weight is 421 g/mol. The molecule has 2 fully saturated rings. The highest BCUT2D eigenvalue weighted by atomic mass is 15.3. The zero-order valence-corrected chi connectivity index (χ0v) is 19.1. The molecule has 0 radical (unpaired) electrons. The summed E-state index contributed by atoms with van der Waals surface area (Å²) in [6, 6.07) is 7.05. The summed E-state index contributed by atoms with van der Waals surface area (Å²) in [7, 11) is 2.20. The van der Waals surface area contributed by atoms with Crippen LogP contribution in [0.1, 0.15) is 66.8 Å². The zero-order valence-electron chi connectivity index (χ0n) is 19.1. The molecule has 0 N–H and O–H groups in total. The number of piperazine rings is 1. The number of aryl methyl sites for hydroxylation is 2. The van der Waals surface area contributed by atoms with Crippen LogP contribution in [-0.2, 0) is 6.42 Å². The molecule has 0 saturated carbocycles. The van der Waals surface area contributed by atoms with Gasteiger partial charge in [0, 0.05) is 56.6 Å². The van der Waals surface area contributed by atoms with Gasteiger partial charge in [-0.05, 0) is 64.3 Å². The summed E-state index contributed by atoms with van der Waals surface area (Å²) in [5, 5.41) is 0. The zero-order chi connectivity index (χ0) is 21.2. The Bertz CT molecular complexity index is 891. The number of pyridine rings is 1. The largest absolute Gasteiger partial charge is 0.354 e. The molecule has 5 rings (SSSR count). The second-order valence-corrected chi connectivity index (χ2v) is 9.63. The molecule has 0 spiro atoms. The predicted molar refractivity (Wildman–Crippen MR) is 125 cm³/mol. The molecule has 6 heteroatoms. The minimum Gasteiger partial charge on any atom is -0.354 e. The molecule has 1 aliphatic carbocycles. The van der Waals surface area contributed by atoms with Gasteiger partial charge < -0.3 is 9.80 Å². The fourth-order valence-corrected chi connectivity index (χ4v) is 5.65. The lowest BCUT2D eigenvalue weighted by Gasteiger charge is -2.39. The van der Waals surface area contributed by atoms with E-state index in [-0.39, 0.29) is 0 Å². The number of aromatic nitrogens is 3. The first kappa shape index (κ1) is 20.8. The fraction of sp³-hybridized carbons (Fsp3) is 0.640. The van der Waals surface area contributed by atoms with Gasteiger partial charge in [-0.3, -0.25) is 9.88 Å². The Balaban J connectivity index is 1.37. The highest BCUT2D eigenvalue weighted by molar-refractivity contribution is 5.41. The van der Waals surface area contributed by atoms with Gasteiger partial charge in [-0.25, -0.2) is 9.97 Å². The summed E-state index contributed by atoms with van der Waals surface area (Å²) in [6.45, 7) is 8.61. The highest BCUT2D eigenvalue weighted by Crippen LogP contribution is 2.36. The van der Waals surface area contributed by atoms with Gasteiger partial charge in [0.2, 0.25) is 0 Å². The number of likely N-dealkylation sites (tertiary alicyclic amines) is 1. The molecule has 0 unspecified atom stereocenters. The third kappa shape index (κ3) is 4.60. The van der Waals surface area contributed by atoms with E-state index in [0.717, 1.165) is 50.9 Å². The van der Waals surface area contributed by atoms with Crippen LogP contribution in [0.15, 0.2) is 24.4 Å². The molecular weight excluding hydrogens is 384 g/mol. The third-order valence-corrected chi connectivity index (χ3v) is 7.39. The van der Waals surface area contributed by atoms with Crippen LogP contribution in [0.4, 0.5) is 5.82 Å². The number of likely N-dealkylation sites (N-methyl/N-ethyl adjacent to an activating group) is 1. The first-order valence-corrected chi connectivity index (χ1v) is 12.1. The number of rotatable bonds is 4. The Morgan fingerprint density at radius 1 is 1.00 bits per heavy atom. The van der Waals surface area contributed by atoms with E-state index in [1.807, 2.05) is 6.20 Å². The number of anilines is 1. The molecule has 2 saturated heterocycles. The molecule has 31 heavy (non-hydrogen) atoms. The van der Waals surface area contributed by atoms with Crippen molar-refractivity contribution in [3.63, 3.8) is 0 Å². The smallest absolute Gasteiger partial charge is 0.132 e. The molecule has 6 nitrogen and oxygen atoms in total. The van der Waals surface area contributed by atoms with E-state index in [4.69, 9.17) is 15.0 Å². The van der Waals surface area contributed by atoms with Crippen molar-refractivity contribution in [3.05, 3.63) is 47.2 Å². The lowest BCUT2D eigenvalue weighted by molar-refractivity contribution is 0.132. The predicted octanol–water partition coefficient (Wildman–Crippen LogP) is 3.58. The van der Waals surface area contributed by atoms with Crippen molar-refractivity contribution in [2.24, 2.45) is 0 Å². The van der Waals surface area contributed by atoms with Gasteiger partial charge in [0.25, 0.3) is 0 Å². The van der Waals surface area contributed by atoms with Crippen molar-refractivity contribution in [1.82, 2.24) is 24.8 Å². The summed E-state index contributed by atoms with van der Waals surface area (Å²) >= 11 is 0.